The summed E-state index contributed by atoms with van der Waals surface area (Å²) in [4.78, 5) is 12.1. The molecule has 0 saturated carbocycles. The van der Waals surface area contributed by atoms with Crippen LogP contribution in [-0.2, 0) is 26.6 Å². The number of H-pyrrole nitrogens is 1. The number of hydrogen-bond acceptors (Lipinski definition) is 7. The van der Waals surface area contributed by atoms with E-state index in [9.17, 15) is 18.1 Å². The van der Waals surface area contributed by atoms with Gasteiger partial charge in [0.05, 0.1) is 4.90 Å². The molecular formula is C15H7N6NaNiO4S. The van der Waals surface area contributed by atoms with Gasteiger partial charge in [0.15, 0.2) is 0 Å². The van der Waals surface area contributed by atoms with Gasteiger partial charge in [0.1, 0.15) is 21.6 Å². The first-order valence-electron chi connectivity index (χ1n) is 6.82. The van der Waals surface area contributed by atoms with Crippen LogP contribution in [0, 0.1) is 13.1 Å². The SMILES string of the molecule is [C-]#[N+]c1nc(N=Nc2c(O)ccc3cc(S(=O)(=O)[O-])ccc23)[nH]c1[N+]#[C-].[Na+].[Ni]. The maximum atomic E-state index is 11.1. The molecule has 1 heterocycles. The molecule has 1 aromatic heterocycles. The summed E-state index contributed by atoms with van der Waals surface area (Å²) in [5.41, 5.74) is 0.0162. The van der Waals surface area contributed by atoms with E-state index in [2.05, 4.69) is 29.9 Å². The van der Waals surface area contributed by atoms with E-state index in [-0.39, 0.29) is 75.1 Å². The second-order valence-corrected chi connectivity index (χ2v) is 6.31. The molecule has 0 atom stereocenters. The van der Waals surface area contributed by atoms with Gasteiger partial charge in [-0.05, 0) is 23.6 Å². The Kier molecular flexibility index (Phi) is 7.85. The normalized spacial score (nSPS) is 10.7. The molecule has 2 aromatic carbocycles. The molecule has 0 aliphatic heterocycles. The van der Waals surface area contributed by atoms with E-state index in [0.717, 1.165) is 12.1 Å². The van der Waals surface area contributed by atoms with Gasteiger partial charge in [0.2, 0.25) is 0 Å². The minimum atomic E-state index is -4.62. The van der Waals surface area contributed by atoms with E-state index in [4.69, 9.17) is 13.1 Å². The number of phenolic OH excluding ortho intramolecular Hbond substituents is 1. The van der Waals surface area contributed by atoms with Crippen molar-refractivity contribution in [1.29, 1.82) is 0 Å². The van der Waals surface area contributed by atoms with E-state index in [0.29, 0.717) is 10.8 Å². The van der Waals surface area contributed by atoms with Crippen molar-refractivity contribution >= 4 is 44.2 Å². The number of aromatic nitrogens is 2. The largest absolute Gasteiger partial charge is 1.00 e. The summed E-state index contributed by atoms with van der Waals surface area (Å²) < 4.78 is 33.4. The van der Waals surface area contributed by atoms with Gasteiger partial charge in [-0.25, -0.2) is 8.42 Å². The van der Waals surface area contributed by atoms with Crippen molar-refractivity contribution in [1.82, 2.24) is 9.97 Å². The first-order valence-corrected chi connectivity index (χ1v) is 8.22. The predicted octanol–water partition coefficient (Wildman–Crippen LogP) is 0.691. The molecule has 10 nitrogen and oxygen atoms in total. The number of fused-ring (bicyclic) bond motifs is 1. The van der Waals surface area contributed by atoms with Crippen molar-refractivity contribution in [2.45, 2.75) is 4.90 Å². The summed E-state index contributed by atoms with van der Waals surface area (Å²) in [6.07, 6.45) is 0. The van der Waals surface area contributed by atoms with Crippen LogP contribution in [0.3, 0.4) is 0 Å². The van der Waals surface area contributed by atoms with Gasteiger partial charge in [-0.1, -0.05) is 35.4 Å². The zero-order valence-corrected chi connectivity index (χ0v) is 17.8. The number of aromatic amines is 1. The first-order chi connectivity index (χ1) is 12.3. The fourth-order valence-corrected chi connectivity index (χ4v) is 2.69. The Balaban J connectivity index is 0.00000196. The Labute approximate surface area is 191 Å². The summed E-state index contributed by atoms with van der Waals surface area (Å²) in [6, 6.07) is 6.29. The predicted molar refractivity (Wildman–Crippen MR) is 88.9 cm³/mol. The van der Waals surface area contributed by atoms with Crippen molar-refractivity contribution in [2.24, 2.45) is 10.2 Å². The van der Waals surface area contributed by atoms with Crippen LogP contribution >= 0.6 is 0 Å². The molecule has 0 aliphatic rings. The van der Waals surface area contributed by atoms with Crippen molar-refractivity contribution in [2.75, 3.05) is 0 Å². The van der Waals surface area contributed by atoms with Crippen molar-refractivity contribution in [3.05, 3.63) is 53.2 Å². The molecule has 0 fully saturated rings. The number of aromatic hydroxyl groups is 1. The smallest absolute Gasteiger partial charge is 0.744 e. The maximum Gasteiger partial charge on any atom is 1.00 e. The van der Waals surface area contributed by atoms with Gasteiger partial charge < -0.3 is 19.3 Å². The van der Waals surface area contributed by atoms with Gasteiger partial charge in [0.25, 0.3) is 11.6 Å². The third-order valence-electron chi connectivity index (χ3n) is 3.35. The number of hydrogen-bond donors (Lipinski definition) is 2. The van der Waals surface area contributed by atoms with Gasteiger partial charge in [-0.3, -0.25) is 4.98 Å². The number of benzene rings is 2. The third kappa shape index (κ3) is 4.75. The van der Waals surface area contributed by atoms with Crippen LogP contribution < -0.4 is 29.6 Å². The molecule has 0 radical (unpaired) electrons. The molecule has 13 heteroatoms. The number of rotatable bonds is 3. The summed E-state index contributed by atoms with van der Waals surface area (Å²) in [6.45, 7) is 13.9. The molecule has 0 saturated heterocycles. The van der Waals surface area contributed by atoms with E-state index in [1.807, 2.05) is 0 Å². The Bertz CT molecular complexity index is 1230. The van der Waals surface area contributed by atoms with Crippen LogP contribution in [0.1, 0.15) is 0 Å². The van der Waals surface area contributed by atoms with E-state index in [1.165, 1.54) is 18.2 Å². The average Bonchev–Trinajstić information content (AvgIpc) is 3.02. The zero-order valence-electron chi connectivity index (χ0n) is 14.0. The molecule has 28 heavy (non-hydrogen) atoms. The van der Waals surface area contributed by atoms with Gasteiger partial charge in [-0.15, -0.1) is 5.11 Å². The maximum absolute atomic E-state index is 11.1. The number of imidazole rings is 1. The zero-order chi connectivity index (χ0) is 18.9. The molecule has 3 rings (SSSR count). The number of azo groups is 1. The van der Waals surface area contributed by atoms with E-state index in [1.54, 1.807) is 0 Å². The number of nitrogens with one attached hydrogen (secondary N) is 1. The minimum absolute atomic E-state index is 0. The average molecular weight is 449 g/mol. The van der Waals surface area contributed by atoms with E-state index < -0.39 is 15.0 Å². The first kappa shape index (κ1) is 23.7. The Hall–Kier alpha value is -2.31. The van der Waals surface area contributed by atoms with Crippen LogP contribution in [0.25, 0.3) is 20.5 Å². The van der Waals surface area contributed by atoms with Gasteiger partial charge in [0, 0.05) is 21.9 Å². The molecule has 3 aromatic rings. The summed E-state index contributed by atoms with van der Waals surface area (Å²) in [5, 5.41) is 18.3. The van der Waals surface area contributed by atoms with Crippen molar-refractivity contribution in [3.63, 3.8) is 0 Å². The molecule has 0 amide bonds. The Morgan fingerprint density at radius 3 is 2.43 bits per heavy atom. The third-order valence-corrected chi connectivity index (χ3v) is 4.18. The van der Waals surface area contributed by atoms with Crippen LogP contribution in [-0.4, -0.2) is 28.0 Å². The quantitative estimate of drug-likeness (QED) is 0.262. The molecule has 0 aliphatic carbocycles. The van der Waals surface area contributed by atoms with Gasteiger partial charge >= 0.3 is 35.5 Å². The van der Waals surface area contributed by atoms with E-state index >= 15 is 0 Å². The topological polar surface area (TPSA) is 140 Å². The molecule has 0 bridgehead atoms. The molecule has 2 N–H and O–H groups in total. The standard InChI is InChI=1S/C15H8N6O4S.Na.Ni/c1-16-13-14(17-2)19-15(18-13)21-20-12-10-5-4-9(26(23,24)25)7-8(10)3-6-11(12)22;;/h3-7,22H,(H,18,19)(H,23,24,25);;/q;+1;/p-1. The molecule has 0 unspecified atom stereocenters. The molecule has 138 valence electrons. The summed E-state index contributed by atoms with van der Waals surface area (Å²) in [5.74, 6) is -0.568. The monoisotopic (exact) mass is 448 g/mol. The second kappa shape index (κ2) is 9.26. The van der Waals surface area contributed by atoms with Crippen molar-refractivity contribution in [3.8, 4) is 5.75 Å². The molecular weight excluding hydrogens is 442 g/mol. The minimum Gasteiger partial charge on any atom is -0.744 e. The number of nitrogens with zero attached hydrogens (tertiary/aromatic N) is 5. The van der Waals surface area contributed by atoms with Gasteiger partial charge in [-0.2, -0.15) is 0 Å². The summed E-state index contributed by atoms with van der Waals surface area (Å²) >= 11 is 0. The number of phenols is 1. The van der Waals surface area contributed by atoms with Crippen LogP contribution in [0.5, 0.6) is 5.75 Å². The van der Waals surface area contributed by atoms with Crippen LogP contribution in [0.4, 0.5) is 23.3 Å². The van der Waals surface area contributed by atoms with Crippen LogP contribution in [0.15, 0.2) is 45.5 Å². The Morgan fingerprint density at radius 2 is 1.86 bits per heavy atom. The molecule has 0 spiro atoms. The second-order valence-electron chi connectivity index (χ2n) is 4.93. The van der Waals surface area contributed by atoms with Crippen molar-refractivity contribution < 1.29 is 64.1 Å². The fraction of sp³-hybridized carbons (Fsp3) is 0. The van der Waals surface area contributed by atoms with Crippen LogP contribution in [0.2, 0.25) is 0 Å². The fourth-order valence-electron chi connectivity index (χ4n) is 2.18. The summed E-state index contributed by atoms with van der Waals surface area (Å²) in [7, 11) is -4.62. The Morgan fingerprint density at radius 1 is 1.14 bits per heavy atom.